The third-order valence-corrected chi connectivity index (χ3v) is 4.77. The fraction of sp³-hybridized carbons (Fsp3) is 0.857. The van der Waals surface area contributed by atoms with Gasteiger partial charge in [0.05, 0.1) is 0 Å². The monoisotopic (exact) mass is 267 g/mol. The summed E-state index contributed by atoms with van der Waals surface area (Å²) in [5.74, 6) is 0.783. The molecule has 5 unspecified atom stereocenters. The molecule has 1 aliphatic carbocycles. The largest absolute Gasteiger partial charge is 0.344 e. The summed E-state index contributed by atoms with van der Waals surface area (Å²) in [7, 11) is 1.77. The van der Waals surface area contributed by atoms with E-state index >= 15 is 0 Å². The number of rotatable bonds is 2. The van der Waals surface area contributed by atoms with Crippen LogP contribution in [0.5, 0.6) is 0 Å². The number of hydrogen-bond donors (Lipinski definition) is 2. The molecule has 0 aromatic rings. The quantitative estimate of drug-likeness (QED) is 0.757. The Hall–Kier alpha value is -1.10. The van der Waals surface area contributed by atoms with Crippen molar-refractivity contribution in [3.63, 3.8) is 0 Å². The van der Waals surface area contributed by atoms with Crippen molar-refractivity contribution in [1.29, 1.82) is 0 Å². The molecule has 1 saturated carbocycles. The molecule has 0 bridgehead atoms. The van der Waals surface area contributed by atoms with Crippen LogP contribution >= 0.6 is 0 Å². The van der Waals surface area contributed by atoms with E-state index in [0.717, 1.165) is 19.4 Å². The number of nitrogens with one attached hydrogen (secondary N) is 1. The fourth-order valence-corrected chi connectivity index (χ4v) is 3.28. The first-order chi connectivity index (χ1) is 8.90. The smallest absolute Gasteiger partial charge is 0.244 e. The van der Waals surface area contributed by atoms with Crippen LogP contribution in [-0.4, -0.2) is 42.4 Å². The Morgan fingerprint density at radius 3 is 2.58 bits per heavy atom. The lowest BCUT2D eigenvalue weighted by Crippen LogP contribution is -2.49. The van der Waals surface area contributed by atoms with E-state index in [1.54, 1.807) is 11.9 Å². The molecule has 5 nitrogen and oxygen atoms in total. The molecule has 5 atom stereocenters. The molecule has 0 radical (unpaired) electrons. The number of hydrogen-bond acceptors (Lipinski definition) is 3. The molecular weight excluding hydrogens is 242 g/mol. The molecule has 1 heterocycles. The van der Waals surface area contributed by atoms with Crippen LogP contribution in [0.25, 0.3) is 0 Å². The van der Waals surface area contributed by atoms with Crippen molar-refractivity contribution in [2.45, 2.75) is 45.2 Å². The van der Waals surface area contributed by atoms with Crippen molar-refractivity contribution in [3.05, 3.63) is 0 Å². The molecule has 0 aromatic heterocycles. The van der Waals surface area contributed by atoms with Gasteiger partial charge in [-0.25, -0.2) is 0 Å². The minimum atomic E-state index is -0.333. The van der Waals surface area contributed by atoms with Crippen LogP contribution in [0.3, 0.4) is 0 Å². The summed E-state index contributed by atoms with van der Waals surface area (Å²) in [6, 6.07) is -0.242. The standard InChI is InChI=1S/C14H25N3O2/c1-8-6-9(2)11(15)7-10(8)13(18)16-12-4-5-17(3)14(12)19/h8-12H,4-7,15H2,1-3H3,(H,16,18). The van der Waals surface area contributed by atoms with Crippen LogP contribution in [0.2, 0.25) is 0 Å². The lowest BCUT2D eigenvalue weighted by molar-refractivity contribution is -0.134. The van der Waals surface area contributed by atoms with Crippen LogP contribution in [-0.2, 0) is 9.59 Å². The zero-order valence-electron chi connectivity index (χ0n) is 12.1. The van der Waals surface area contributed by atoms with Gasteiger partial charge in [0.25, 0.3) is 0 Å². The lowest BCUT2D eigenvalue weighted by atomic mass is 9.72. The second-order valence-electron chi connectivity index (χ2n) is 6.31. The highest BCUT2D eigenvalue weighted by Crippen LogP contribution is 2.33. The van der Waals surface area contributed by atoms with Gasteiger partial charge >= 0.3 is 0 Å². The van der Waals surface area contributed by atoms with Crippen molar-refractivity contribution in [2.75, 3.05) is 13.6 Å². The van der Waals surface area contributed by atoms with E-state index in [4.69, 9.17) is 5.73 Å². The average molecular weight is 267 g/mol. The number of carbonyl (C=O) groups excluding carboxylic acids is 2. The van der Waals surface area contributed by atoms with E-state index in [2.05, 4.69) is 19.2 Å². The molecule has 0 aromatic carbocycles. The summed E-state index contributed by atoms with van der Waals surface area (Å²) >= 11 is 0. The van der Waals surface area contributed by atoms with Gasteiger partial charge in [-0.2, -0.15) is 0 Å². The summed E-state index contributed by atoms with van der Waals surface area (Å²) < 4.78 is 0. The predicted molar refractivity (Wildman–Crippen MR) is 73.2 cm³/mol. The average Bonchev–Trinajstić information content (AvgIpc) is 2.65. The van der Waals surface area contributed by atoms with E-state index in [1.807, 2.05) is 0 Å². The Labute approximate surface area is 114 Å². The second kappa shape index (κ2) is 5.49. The Kier molecular flexibility index (Phi) is 4.13. The topological polar surface area (TPSA) is 75.4 Å². The van der Waals surface area contributed by atoms with Gasteiger partial charge in [0.15, 0.2) is 0 Å². The van der Waals surface area contributed by atoms with Gasteiger partial charge in [-0.15, -0.1) is 0 Å². The molecule has 5 heteroatoms. The van der Waals surface area contributed by atoms with Crippen LogP contribution in [0.15, 0.2) is 0 Å². The molecule has 2 amide bonds. The number of amides is 2. The van der Waals surface area contributed by atoms with Crippen LogP contribution < -0.4 is 11.1 Å². The minimum Gasteiger partial charge on any atom is -0.344 e. The van der Waals surface area contributed by atoms with Crippen LogP contribution in [0.4, 0.5) is 0 Å². The molecule has 1 saturated heterocycles. The Bertz CT molecular complexity index is 372. The fourth-order valence-electron chi connectivity index (χ4n) is 3.28. The highest BCUT2D eigenvalue weighted by atomic mass is 16.2. The zero-order chi connectivity index (χ0) is 14.2. The van der Waals surface area contributed by atoms with Crippen molar-refractivity contribution < 1.29 is 9.59 Å². The molecular formula is C14H25N3O2. The van der Waals surface area contributed by atoms with E-state index in [1.165, 1.54) is 0 Å². The maximum atomic E-state index is 12.3. The van der Waals surface area contributed by atoms with Gasteiger partial charge in [0, 0.05) is 25.6 Å². The van der Waals surface area contributed by atoms with Gasteiger partial charge in [0.2, 0.25) is 11.8 Å². The Morgan fingerprint density at radius 2 is 2.00 bits per heavy atom. The van der Waals surface area contributed by atoms with Crippen molar-refractivity contribution >= 4 is 11.8 Å². The summed E-state index contributed by atoms with van der Waals surface area (Å²) in [6.45, 7) is 4.97. The molecule has 0 spiro atoms. The molecule has 3 N–H and O–H groups in total. The molecule has 1 aliphatic heterocycles. The van der Waals surface area contributed by atoms with Gasteiger partial charge in [-0.1, -0.05) is 13.8 Å². The van der Waals surface area contributed by atoms with Crippen LogP contribution in [0.1, 0.15) is 33.1 Å². The Balaban J connectivity index is 1.94. The van der Waals surface area contributed by atoms with Crippen molar-refractivity contribution in [1.82, 2.24) is 10.2 Å². The first-order valence-electron chi connectivity index (χ1n) is 7.21. The van der Waals surface area contributed by atoms with Crippen molar-refractivity contribution in [3.8, 4) is 0 Å². The van der Waals surface area contributed by atoms with Crippen molar-refractivity contribution in [2.24, 2.45) is 23.5 Å². The van der Waals surface area contributed by atoms with Gasteiger partial charge in [-0.05, 0) is 31.1 Å². The summed E-state index contributed by atoms with van der Waals surface area (Å²) in [6.07, 6.45) is 2.42. The summed E-state index contributed by atoms with van der Waals surface area (Å²) in [5.41, 5.74) is 6.07. The zero-order valence-corrected chi connectivity index (χ0v) is 12.1. The predicted octanol–water partition coefficient (Wildman–Crippen LogP) is 0.343. The van der Waals surface area contributed by atoms with E-state index in [9.17, 15) is 9.59 Å². The normalized spacial score (nSPS) is 39.5. The SMILES string of the molecule is CC1CC(C)C(C(=O)NC2CCN(C)C2=O)CC1N. The number of likely N-dealkylation sites (tertiary alicyclic amines) is 1. The van der Waals surface area contributed by atoms with Gasteiger partial charge in [-0.3, -0.25) is 9.59 Å². The number of nitrogens with two attached hydrogens (primary N) is 1. The van der Waals surface area contributed by atoms with Gasteiger partial charge < -0.3 is 16.0 Å². The first-order valence-corrected chi connectivity index (χ1v) is 7.21. The van der Waals surface area contributed by atoms with E-state index in [0.29, 0.717) is 18.3 Å². The number of carbonyl (C=O) groups is 2. The molecule has 2 rings (SSSR count). The highest BCUT2D eigenvalue weighted by molar-refractivity contribution is 5.89. The maximum Gasteiger partial charge on any atom is 0.244 e. The number of nitrogens with zero attached hydrogens (tertiary/aromatic N) is 1. The number of likely N-dealkylation sites (N-methyl/N-ethyl adjacent to an activating group) is 1. The third kappa shape index (κ3) is 2.91. The third-order valence-electron chi connectivity index (χ3n) is 4.77. The Morgan fingerprint density at radius 1 is 1.32 bits per heavy atom. The van der Waals surface area contributed by atoms with Gasteiger partial charge in [0.1, 0.15) is 6.04 Å². The molecule has 2 aliphatic rings. The maximum absolute atomic E-state index is 12.3. The lowest BCUT2D eigenvalue weighted by Gasteiger charge is -2.36. The van der Waals surface area contributed by atoms with E-state index < -0.39 is 0 Å². The minimum absolute atomic E-state index is 0.00324. The molecule has 2 fully saturated rings. The highest BCUT2D eigenvalue weighted by Gasteiger charge is 2.37. The molecule has 19 heavy (non-hydrogen) atoms. The molecule has 108 valence electrons. The second-order valence-corrected chi connectivity index (χ2v) is 6.31. The first kappa shape index (κ1) is 14.3. The summed E-state index contributed by atoms with van der Waals surface area (Å²) in [5, 5.41) is 2.91. The van der Waals surface area contributed by atoms with Crippen LogP contribution in [0, 0.1) is 17.8 Å². The van der Waals surface area contributed by atoms with E-state index in [-0.39, 0.29) is 29.8 Å². The summed E-state index contributed by atoms with van der Waals surface area (Å²) in [4.78, 5) is 25.8.